The molecule has 5 rings (SSSR count). The van der Waals surface area contributed by atoms with Crippen molar-refractivity contribution in [1.82, 2.24) is 24.3 Å². The molecule has 0 spiro atoms. The largest absolute Gasteiger partial charge is 0.494 e. The molecule has 0 atom stereocenters. The molecule has 5 aromatic rings. The van der Waals surface area contributed by atoms with Crippen LogP contribution in [0, 0.1) is 0 Å². The Bertz CT molecular complexity index is 1520. The summed E-state index contributed by atoms with van der Waals surface area (Å²) in [5, 5.41) is 8.63. The van der Waals surface area contributed by atoms with E-state index in [0.29, 0.717) is 36.1 Å². The molecule has 3 heterocycles. The van der Waals surface area contributed by atoms with Gasteiger partial charge >= 0.3 is 0 Å². The summed E-state index contributed by atoms with van der Waals surface area (Å²) in [4.78, 5) is 17.6. The topological polar surface area (TPSA) is 96.7 Å². The summed E-state index contributed by atoms with van der Waals surface area (Å²) in [5.74, 6) is 2.33. The summed E-state index contributed by atoms with van der Waals surface area (Å²) >= 11 is 0. The van der Waals surface area contributed by atoms with Crippen molar-refractivity contribution in [3.8, 4) is 34.1 Å². The molecule has 0 radical (unpaired) electrons. The third-order valence-corrected chi connectivity index (χ3v) is 5.70. The van der Waals surface area contributed by atoms with E-state index < -0.39 is 0 Å². The van der Waals surface area contributed by atoms with E-state index in [-0.39, 0.29) is 12.1 Å². The fourth-order valence-corrected chi connectivity index (χ4v) is 3.82. The van der Waals surface area contributed by atoms with Gasteiger partial charge in [-0.3, -0.25) is 4.79 Å². The van der Waals surface area contributed by atoms with Gasteiger partial charge in [-0.15, -0.1) is 0 Å². The Morgan fingerprint density at radius 2 is 1.81 bits per heavy atom. The predicted octanol–water partition coefficient (Wildman–Crippen LogP) is 4.84. The highest BCUT2D eigenvalue weighted by Crippen LogP contribution is 2.23. The van der Waals surface area contributed by atoms with Crippen LogP contribution in [0.5, 0.6) is 11.5 Å². The van der Waals surface area contributed by atoms with E-state index in [1.807, 2.05) is 55.5 Å². The molecule has 0 amide bonds. The molecule has 9 heteroatoms. The quantitative estimate of drug-likeness (QED) is 0.261. The molecule has 0 saturated carbocycles. The van der Waals surface area contributed by atoms with Crippen LogP contribution in [-0.4, -0.2) is 37.5 Å². The van der Waals surface area contributed by atoms with Crippen LogP contribution < -0.4 is 15.0 Å². The van der Waals surface area contributed by atoms with Crippen LogP contribution in [0.4, 0.5) is 0 Å². The van der Waals surface area contributed by atoms with E-state index in [9.17, 15) is 4.79 Å². The maximum atomic E-state index is 13.1. The fraction of sp³-hybridized carbons (Fsp3) is 0.259. The minimum Gasteiger partial charge on any atom is -0.494 e. The third kappa shape index (κ3) is 5.00. The Morgan fingerprint density at radius 3 is 2.61 bits per heavy atom. The molecule has 9 nitrogen and oxygen atoms in total. The molecular weight excluding hydrogens is 458 g/mol. The fourth-order valence-electron chi connectivity index (χ4n) is 3.82. The minimum absolute atomic E-state index is 0.151. The van der Waals surface area contributed by atoms with Crippen LogP contribution in [0.1, 0.15) is 32.6 Å². The Kier molecular flexibility index (Phi) is 6.79. The second-order valence-corrected chi connectivity index (χ2v) is 8.29. The van der Waals surface area contributed by atoms with Gasteiger partial charge in [0.15, 0.2) is 0 Å². The first-order valence-electron chi connectivity index (χ1n) is 12.0. The number of benzene rings is 2. The molecule has 0 aliphatic heterocycles. The second-order valence-electron chi connectivity index (χ2n) is 8.29. The number of hydrogen-bond acceptors (Lipinski definition) is 7. The second kappa shape index (κ2) is 10.5. The average molecular weight is 486 g/mol. The molecule has 36 heavy (non-hydrogen) atoms. The SMILES string of the molecule is CCCCOc1ccc(-c2cc3c(=O)n(Cc4nc(-c5cccc(OCC)c5)no4)ccn3n2)cc1. The first kappa shape index (κ1) is 23.3. The molecule has 3 aromatic heterocycles. The summed E-state index contributed by atoms with van der Waals surface area (Å²) in [6, 6.07) is 17.0. The predicted molar refractivity (Wildman–Crippen MR) is 135 cm³/mol. The number of fused-ring (bicyclic) bond motifs is 1. The highest BCUT2D eigenvalue weighted by Gasteiger charge is 2.14. The lowest BCUT2D eigenvalue weighted by molar-refractivity contribution is 0.309. The van der Waals surface area contributed by atoms with Gasteiger partial charge in [0.2, 0.25) is 11.7 Å². The number of unbranched alkanes of at least 4 members (excludes halogenated alkanes) is 1. The van der Waals surface area contributed by atoms with Gasteiger partial charge in [0.1, 0.15) is 23.6 Å². The van der Waals surface area contributed by atoms with Crippen LogP contribution in [0.3, 0.4) is 0 Å². The van der Waals surface area contributed by atoms with Crippen molar-refractivity contribution in [1.29, 1.82) is 0 Å². The number of ether oxygens (including phenoxy) is 2. The first-order chi connectivity index (χ1) is 17.6. The molecule has 0 aliphatic rings. The number of hydrogen-bond donors (Lipinski definition) is 0. The smallest absolute Gasteiger partial charge is 0.277 e. The molecule has 0 aliphatic carbocycles. The summed E-state index contributed by atoms with van der Waals surface area (Å²) in [6.07, 6.45) is 5.51. The first-order valence-corrected chi connectivity index (χ1v) is 12.0. The molecule has 2 aromatic carbocycles. The Hall–Kier alpha value is -4.40. The summed E-state index contributed by atoms with van der Waals surface area (Å²) in [5.41, 5.74) is 2.65. The van der Waals surface area contributed by atoms with E-state index in [1.165, 1.54) is 4.57 Å². The third-order valence-electron chi connectivity index (χ3n) is 5.70. The van der Waals surface area contributed by atoms with Crippen molar-refractivity contribution < 1.29 is 14.0 Å². The number of rotatable bonds is 10. The van der Waals surface area contributed by atoms with Crippen molar-refractivity contribution >= 4 is 5.52 Å². The maximum Gasteiger partial charge on any atom is 0.277 e. The van der Waals surface area contributed by atoms with Gasteiger partial charge in [-0.2, -0.15) is 10.1 Å². The number of nitrogens with zero attached hydrogens (tertiary/aromatic N) is 5. The molecule has 0 fully saturated rings. The van der Waals surface area contributed by atoms with Gasteiger partial charge in [-0.05, 0) is 55.8 Å². The lowest BCUT2D eigenvalue weighted by Crippen LogP contribution is -2.21. The van der Waals surface area contributed by atoms with Gasteiger partial charge in [0.05, 0.1) is 18.9 Å². The van der Waals surface area contributed by atoms with Crippen molar-refractivity contribution in [2.75, 3.05) is 13.2 Å². The zero-order valence-electron chi connectivity index (χ0n) is 20.3. The standard InChI is InChI=1S/C27H27N5O4/c1-3-5-15-35-21-11-9-19(10-12-21)23-17-24-27(33)31(13-14-32(24)29-23)18-25-28-26(30-36-25)20-7-6-8-22(16-20)34-4-2/h6-14,16-17H,3-5,15,18H2,1-2H3. The van der Waals surface area contributed by atoms with Crippen molar-refractivity contribution in [3.05, 3.63) is 83.2 Å². The van der Waals surface area contributed by atoms with Crippen LogP contribution in [0.2, 0.25) is 0 Å². The summed E-state index contributed by atoms with van der Waals surface area (Å²) < 4.78 is 19.8. The minimum atomic E-state index is -0.200. The van der Waals surface area contributed by atoms with Crippen LogP contribution >= 0.6 is 0 Å². The lowest BCUT2D eigenvalue weighted by Gasteiger charge is -2.05. The van der Waals surface area contributed by atoms with Gasteiger partial charge in [0, 0.05) is 23.5 Å². The van der Waals surface area contributed by atoms with E-state index in [2.05, 4.69) is 22.2 Å². The van der Waals surface area contributed by atoms with Gasteiger partial charge in [0.25, 0.3) is 5.56 Å². The molecule has 0 unspecified atom stereocenters. The van der Waals surface area contributed by atoms with Crippen LogP contribution in [-0.2, 0) is 6.54 Å². The summed E-state index contributed by atoms with van der Waals surface area (Å²) in [7, 11) is 0. The molecular formula is C27H27N5O4. The zero-order chi connectivity index (χ0) is 24.9. The number of aromatic nitrogens is 5. The van der Waals surface area contributed by atoms with Crippen molar-refractivity contribution in [3.63, 3.8) is 0 Å². The highest BCUT2D eigenvalue weighted by molar-refractivity contribution is 5.66. The molecule has 0 saturated heterocycles. The lowest BCUT2D eigenvalue weighted by atomic mass is 10.1. The molecule has 0 N–H and O–H groups in total. The van der Waals surface area contributed by atoms with Gasteiger partial charge in [-0.25, -0.2) is 4.52 Å². The van der Waals surface area contributed by atoms with Gasteiger partial charge in [-0.1, -0.05) is 30.6 Å². The van der Waals surface area contributed by atoms with E-state index in [4.69, 9.17) is 14.0 Å². The molecule has 0 bridgehead atoms. The van der Waals surface area contributed by atoms with E-state index in [1.54, 1.807) is 23.0 Å². The normalized spacial score (nSPS) is 11.2. The van der Waals surface area contributed by atoms with Crippen LogP contribution in [0.25, 0.3) is 28.2 Å². The van der Waals surface area contributed by atoms with Gasteiger partial charge < -0.3 is 18.6 Å². The van der Waals surface area contributed by atoms with Crippen LogP contribution in [0.15, 0.2) is 76.3 Å². The maximum absolute atomic E-state index is 13.1. The Labute approximate surface area is 207 Å². The zero-order valence-corrected chi connectivity index (χ0v) is 20.3. The monoisotopic (exact) mass is 485 g/mol. The Morgan fingerprint density at radius 1 is 0.944 bits per heavy atom. The highest BCUT2D eigenvalue weighted by atomic mass is 16.5. The van der Waals surface area contributed by atoms with E-state index >= 15 is 0 Å². The van der Waals surface area contributed by atoms with Crippen molar-refractivity contribution in [2.24, 2.45) is 0 Å². The molecule has 184 valence electrons. The van der Waals surface area contributed by atoms with Crippen molar-refractivity contribution in [2.45, 2.75) is 33.2 Å². The van der Waals surface area contributed by atoms with E-state index in [0.717, 1.165) is 35.5 Å². The average Bonchev–Trinajstić information content (AvgIpc) is 3.55. The Balaban J connectivity index is 1.35. The summed E-state index contributed by atoms with van der Waals surface area (Å²) in [6.45, 7) is 5.48.